The van der Waals surface area contributed by atoms with E-state index < -0.39 is 43.2 Å². The predicted molar refractivity (Wildman–Crippen MR) is 155 cm³/mol. The zero-order valence-electron chi connectivity index (χ0n) is 23.4. The molecule has 10 heteroatoms. The van der Waals surface area contributed by atoms with E-state index in [0.717, 1.165) is 42.3 Å². The summed E-state index contributed by atoms with van der Waals surface area (Å²) in [4.78, 5) is 15.3. The van der Waals surface area contributed by atoms with E-state index in [-0.39, 0.29) is 11.1 Å². The van der Waals surface area contributed by atoms with E-state index in [4.69, 9.17) is 9.15 Å². The van der Waals surface area contributed by atoms with Crippen molar-refractivity contribution in [2.45, 2.75) is 64.3 Å². The van der Waals surface area contributed by atoms with Gasteiger partial charge in [0.1, 0.15) is 47.5 Å². The molecule has 1 aliphatic heterocycles. The number of hydrogen-bond acceptors (Lipinski definition) is 9. The second kappa shape index (κ2) is 13.3. The van der Waals surface area contributed by atoms with Crippen LogP contribution in [-0.2, 0) is 9.53 Å². The van der Waals surface area contributed by atoms with E-state index >= 15 is 0 Å². The Kier molecular flexibility index (Phi) is 9.81. The fraction of sp³-hybridized carbons (Fsp3) is 0.419. The van der Waals surface area contributed by atoms with Gasteiger partial charge in [0.25, 0.3) is 5.91 Å². The Morgan fingerprint density at radius 1 is 1.00 bits per heavy atom. The zero-order valence-corrected chi connectivity index (χ0v) is 23.4. The first-order valence-electron chi connectivity index (χ1n) is 13.8. The third-order valence-electron chi connectivity index (χ3n) is 7.35. The molecule has 2 heterocycles. The van der Waals surface area contributed by atoms with Gasteiger partial charge < -0.3 is 39.8 Å². The van der Waals surface area contributed by atoms with Gasteiger partial charge in [0, 0.05) is 29.9 Å². The molecule has 0 aliphatic carbocycles. The van der Waals surface area contributed by atoms with Crippen LogP contribution in [-0.4, -0.2) is 76.7 Å². The first kappa shape index (κ1) is 30.2. The smallest absolute Gasteiger partial charge is 0.262 e. The number of carbonyl (C=O) groups is 1. The molecule has 0 bridgehead atoms. The molecule has 1 aliphatic rings. The lowest BCUT2D eigenvalue weighted by atomic mass is 9.96. The molecule has 2 aromatic carbocycles. The molecule has 218 valence electrons. The molecule has 0 spiro atoms. The van der Waals surface area contributed by atoms with E-state index in [1.165, 1.54) is 5.69 Å². The van der Waals surface area contributed by atoms with Crippen LogP contribution in [0.3, 0.4) is 0 Å². The number of allylic oxidation sites excluding steroid dienone is 1. The summed E-state index contributed by atoms with van der Waals surface area (Å²) in [6.45, 7) is 7.29. The number of anilines is 1. The summed E-state index contributed by atoms with van der Waals surface area (Å²) in [6.07, 6.45) is -3.92. The van der Waals surface area contributed by atoms with Crippen LogP contribution in [0.25, 0.3) is 27.7 Å². The number of benzene rings is 2. The number of aliphatic hydroxyl groups excluding tert-OH is 4. The van der Waals surface area contributed by atoms with Gasteiger partial charge in [-0.05, 0) is 60.9 Å². The van der Waals surface area contributed by atoms with Crippen molar-refractivity contribution in [3.63, 3.8) is 0 Å². The highest BCUT2D eigenvalue weighted by Gasteiger charge is 2.44. The predicted octanol–water partition coefficient (Wildman–Crippen LogP) is 2.94. The standard InChI is InChI=1S/C31H37N3O7/c1-4-12-34(13-5-2)22-9-8-19-14-21(7-6-20(19)15-22)25-11-10-24(40-25)18(3)23(16-32)30(38)33-27-29(37)28(36)26(17-35)41-31(27)39/h6-11,14-15,26-29,31,35-37,39H,4-5,12-13,17H2,1-3H3,(H,33,38)/b23-18+/t26-,27-,28-,29-,31?/m1/s1. The molecule has 0 saturated carbocycles. The minimum absolute atomic E-state index is 0.253. The maximum Gasteiger partial charge on any atom is 0.262 e. The Hall–Kier alpha value is -3.72. The van der Waals surface area contributed by atoms with Gasteiger partial charge in [0.2, 0.25) is 0 Å². The Morgan fingerprint density at radius 2 is 1.68 bits per heavy atom. The highest BCUT2D eigenvalue weighted by Crippen LogP contribution is 2.31. The van der Waals surface area contributed by atoms with E-state index in [1.54, 1.807) is 19.1 Å². The quantitative estimate of drug-likeness (QED) is 0.185. The highest BCUT2D eigenvalue weighted by atomic mass is 16.6. The number of rotatable bonds is 10. The lowest BCUT2D eigenvalue weighted by Crippen LogP contribution is -2.64. The fourth-order valence-electron chi connectivity index (χ4n) is 5.09. The van der Waals surface area contributed by atoms with E-state index in [9.17, 15) is 30.5 Å². The number of carbonyl (C=O) groups excluding carboxylic acids is 1. The van der Waals surface area contributed by atoms with E-state index in [2.05, 4.69) is 42.3 Å². The SMILES string of the molecule is CCCN(CCC)c1ccc2cc(-c3ccc(/C(C)=C(\C#N)C(=O)N[C@H]4C(O)O[C@H](CO)[C@@H](O)[C@@H]4O)o3)ccc2c1. The highest BCUT2D eigenvalue weighted by molar-refractivity contribution is 6.04. The molecule has 1 fully saturated rings. The van der Waals surface area contributed by atoms with Crippen LogP contribution in [0.15, 0.2) is 58.5 Å². The van der Waals surface area contributed by atoms with Gasteiger partial charge in [-0.1, -0.05) is 32.0 Å². The number of amides is 1. The summed E-state index contributed by atoms with van der Waals surface area (Å²) in [7, 11) is 0. The summed E-state index contributed by atoms with van der Waals surface area (Å²) in [5.74, 6) is -0.0180. The first-order chi connectivity index (χ1) is 19.7. The Morgan fingerprint density at radius 3 is 2.34 bits per heavy atom. The average Bonchev–Trinajstić information content (AvgIpc) is 3.47. The summed E-state index contributed by atoms with van der Waals surface area (Å²) in [6, 6.07) is 16.3. The lowest BCUT2D eigenvalue weighted by molar-refractivity contribution is -0.253. The number of nitrogens with zero attached hydrogens (tertiary/aromatic N) is 2. The van der Waals surface area contributed by atoms with E-state index in [0.29, 0.717) is 11.5 Å². The van der Waals surface area contributed by atoms with Crippen LogP contribution in [0.4, 0.5) is 5.69 Å². The summed E-state index contributed by atoms with van der Waals surface area (Å²) < 4.78 is 11.1. The van der Waals surface area contributed by atoms with Gasteiger partial charge in [-0.15, -0.1) is 0 Å². The maximum absolute atomic E-state index is 12.9. The van der Waals surface area contributed by atoms with Crippen molar-refractivity contribution in [3.05, 3.63) is 59.9 Å². The van der Waals surface area contributed by atoms with Crippen molar-refractivity contribution in [1.82, 2.24) is 5.32 Å². The molecule has 5 atom stereocenters. The number of ether oxygens (including phenoxy) is 1. The number of aliphatic hydroxyl groups is 4. The number of fused-ring (bicyclic) bond motifs is 1. The van der Waals surface area contributed by atoms with Crippen molar-refractivity contribution >= 4 is 27.9 Å². The van der Waals surface area contributed by atoms with Crippen molar-refractivity contribution in [2.24, 2.45) is 0 Å². The second-order valence-corrected chi connectivity index (χ2v) is 10.2. The topological polar surface area (TPSA) is 159 Å². The van der Waals surface area contributed by atoms with Crippen LogP contribution >= 0.6 is 0 Å². The maximum atomic E-state index is 12.9. The van der Waals surface area contributed by atoms with Gasteiger partial charge in [-0.2, -0.15) is 5.26 Å². The first-order valence-corrected chi connectivity index (χ1v) is 13.8. The molecule has 5 N–H and O–H groups in total. The van der Waals surface area contributed by atoms with Crippen molar-refractivity contribution in [3.8, 4) is 17.4 Å². The summed E-state index contributed by atoms with van der Waals surface area (Å²) in [5.41, 5.74) is 1.99. The van der Waals surface area contributed by atoms with Gasteiger partial charge in [-0.3, -0.25) is 4.79 Å². The van der Waals surface area contributed by atoms with Crippen LogP contribution in [0, 0.1) is 11.3 Å². The van der Waals surface area contributed by atoms with Crippen LogP contribution < -0.4 is 10.2 Å². The Bertz CT molecular complexity index is 1440. The summed E-state index contributed by atoms with van der Waals surface area (Å²) >= 11 is 0. The van der Waals surface area contributed by atoms with Gasteiger partial charge in [-0.25, -0.2) is 0 Å². The molecule has 1 unspecified atom stereocenters. The molecule has 0 radical (unpaired) electrons. The molecular weight excluding hydrogens is 526 g/mol. The van der Waals surface area contributed by atoms with Gasteiger partial charge >= 0.3 is 0 Å². The molecule has 41 heavy (non-hydrogen) atoms. The fourth-order valence-corrected chi connectivity index (χ4v) is 5.09. The van der Waals surface area contributed by atoms with Crippen molar-refractivity contribution in [1.29, 1.82) is 5.26 Å². The average molecular weight is 564 g/mol. The van der Waals surface area contributed by atoms with E-state index in [1.807, 2.05) is 24.3 Å². The largest absolute Gasteiger partial charge is 0.456 e. The number of nitriles is 1. The normalized spacial score (nSPS) is 23.1. The summed E-state index contributed by atoms with van der Waals surface area (Å²) in [5, 5.41) is 54.1. The third kappa shape index (κ3) is 6.45. The molecule has 3 aromatic rings. The zero-order chi connectivity index (χ0) is 29.7. The second-order valence-electron chi connectivity index (χ2n) is 10.2. The minimum atomic E-state index is -1.70. The third-order valence-corrected chi connectivity index (χ3v) is 7.35. The molecule has 4 rings (SSSR count). The molecule has 1 aromatic heterocycles. The number of hydrogen-bond donors (Lipinski definition) is 5. The van der Waals surface area contributed by atoms with Crippen LogP contribution in [0.1, 0.15) is 39.4 Å². The monoisotopic (exact) mass is 563 g/mol. The van der Waals surface area contributed by atoms with Crippen molar-refractivity contribution < 1.29 is 34.4 Å². The Labute approximate surface area is 239 Å². The molecular formula is C31H37N3O7. The van der Waals surface area contributed by atoms with Gasteiger partial charge in [0.05, 0.1) is 6.61 Å². The van der Waals surface area contributed by atoms with Gasteiger partial charge in [0.15, 0.2) is 6.29 Å². The molecule has 1 saturated heterocycles. The van der Waals surface area contributed by atoms with Crippen LogP contribution in [0.5, 0.6) is 0 Å². The number of furan rings is 1. The molecule has 1 amide bonds. The minimum Gasteiger partial charge on any atom is -0.456 e. The molecule has 10 nitrogen and oxygen atoms in total. The van der Waals surface area contributed by atoms with Crippen molar-refractivity contribution in [2.75, 3.05) is 24.6 Å². The van der Waals surface area contributed by atoms with Crippen LogP contribution in [0.2, 0.25) is 0 Å². The lowest BCUT2D eigenvalue weighted by Gasteiger charge is -2.40. The Balaban J connectivity index is 1.54. The number of nitrogens with one attached hydrogen (secondary N) is 1.